The number of aromatic nitrogens is 4. The van der Waals surface area contributed by atoms with E-state index in [2.05, 4.69) is 24.6 Å². The molecule has 3 rings (SSSR count). The van der Waals surface area contributed by atoms with Crippen molar-refractivity contribution < 1.29 is 0 Å². The first-order valence-corrected chi connectivity index (χ1v) is 5.59. The highest BCUT2D eigenvalue weighted by atomic mass is 15.3. The molecule has 0 saturated heterocycles. The third kappa shape index (κ3) is 1.71. The van der Waals surface area contributed by atoms with Crippen LogP contribution >= 0.6 is 0 Å². The molecular weight excluding hydrogens is 216 g/mol. The van der Waals surface area contributed by atoms with Gasteiger partial charge in [-0.05, 0) is 19.1 Å². The summed E-state index contributed by atoms with van der Waals surface area (Å²) >= 11 is 0. The molecule has 17 heavy (non-hydrogen) atoms. The van der Waals surface area contributed by atoms with E-state index in [0.717, 1.165) is 30.4 Å². The van der Waals surface area contributed by atoms with E-state index in [0.29, 0.717) is 12.2 Å². The van der Waals surface area contributed by atoms with Crippen molar-refractivity contribution in [3.8, 4) is 0 Å². The predicted octanol–water partition coefficient (Wildman–Crippen LogP) is 0.584. The lowest BCUT2D eigenvalue weighted by Gasteiger charge is -2.29. The second-order valence-electron chi connectivity index (χ2n) is 4.23. The van der Waals surface area contributed by atoms with Gasteiger partial charge in [0.1, 0.15) is 6.33 Å². The Labute approximate surface area is 99.1 Å². The first-order valence-electron chi connectivity index (χ1n) is 5.59. The molecule has 2 aromatic rings. The van der Waals surface area contributed by atoms with Gasteiger partial charge in [-0.2, -0.15) is 0 Å². The highest BCUT2D eigenvalue weighted by molar-refractivity contribution is 5.63. The first kappa shape index (κ1) is 10.1. The molecule has 0 spiro atoms. The second-order valence-corrected chi connectivity index (χ2v) is 4.23. The zero-order valence-electron chi connectivity index (χ0n) is 9.67. The van der Waals surface area contributed by atoms with Gasteiger partial charge in [-0.15, -0.1) is 10.2 Å². The monoisotopic (exact) mass is 230 g/mol. The number of hydrogen-bond acceptors (Lipinski definition) is 5. The first-order chi connectivity index (χ1) is 8.24. The molecule has 1 aliphatic heterocycles. The van der Waals surface area contributed by atoms with Crippen molar-refractivity contribution in [3.05, 3.63) is 30.0 Å². The third-order valence-corrected chi connectivity index (χ3v) is 2.98. The molecule has 0 unspecified atom stereocenters. The minimum Gasteiger partial charge on any atom is -0.396 e. The maximum absolute atomic E-state index is 5.97. The fraction of sp³-hybridized carbons (Fsp3) is 0.364. The van der Waals surface area contributed by atoms with Crippen molar-refractivity contribution in [1.82, 2.24) is 19.7 Å². The van der Waals surface area contributed by atoms with Crippen LogP contribution in [0, 0.1) is 6.92 Å². The number of nitrogens with zero attached hydrogens (tertiary/aromatic N) is 5. The smallest absolute Gasteiger partial charge is 0.152 e. The quantitative estimate of drug-likeness (QED) is 0.776. The SMILES string of the molecule is Cc1ccc(N)c(N2CCn3cnnc3C2)n1. The van der Waals surface area contributed by atoms with Crippen LogP contribution in [0.25, 0.3) is 0 Å². The van der Waals surface area contributed by atoms with E-state index in [-0.39, 0.29) is 0 Å². The van der Waals surface area contributed by atoms with Crippen LogP contribution in [0.1, 0.15) is 11.5 Å². The molecule has 2 N–H and O–H groups in total. The summed E-state index contributed by atoms with van der Waals surface area (Å²) in [5, 5.41) is 7.99. The van der Waals surface area contributed by atoms with Gasteiger partial charge in [0.25, 0.3) is 0 Å². The zero-order chi connectivity index (χ0) is 11.8. The van der Waals surface area contributed by atoms with Gasteiger partial charge in [0.15, 0.2) is 11.6 Å². The molecule has 0 aromatic carbocycles. The Morgan fingerprint density at radius 2 is 2.18 bits per heavy atom. The Morgan fingerprint density at radius 1 is 1.29 bits per heavy atom. The van der Waals surface area contributed by atoms with Crippen LogP contribution in [0.15, 0.2) is 18.5 Å². The summed E-state index contributed by atoms with van der Waals surface area (Å²) in [6, 6.07) is 3.82. The minimum absolute atomic E-state index is 0.709. The van der Waals surface area contributed by atoms with Gasteiger partial charge in [-0.25, -0.2) is 4.98 Å². The summed E-state index contributed by atoms with van der Waals surface area (Å²) < 4.78 is 2.06. The van der Waals surface area contributed by atoms with Crippen molar-refractivity contribution in [2.45, 2.75) is 20.0 Å². The molecule has 0 fully saturated rings. The van der Waals surface area contributed by atoms with Crippen LogP contribution in [0.2, 0.25) is 0 Å². The van der Waals surface area contributed by atoms with Crippen molar-refractivity contribution >= 4 is 11.5 Å². The Kier molecular flexibility index (Phi) is 2.21. The maximum atomic E-state index is 5.97. The summed E-state index contributed by atoms with van der Waals surface area (Å²) in [6.45, 7) is 4.43. The van der Waals surface area contributed by atoms with Gasteiger partial charge in [0.2, 0.25) is 0 Å². The number of fused-ring (bicyclic) bond motifs is 1. The van der Waals surface area contributed by atoms with Crippen LogP contribution in [0.3, 0.4) is 0 Å². The van der Waals surface area contributed by atoms with Gasteiger partial charge in [0, 0.05) is 18.8 Å². The minimum atomic E-state index is 0.709. The molecule has 0 bridgehead atoms. The number of anilines is 2. The molecule has 88 valence electrons. The lowest BCUT2D eigenvalue weighted by molar-refractivity contribution is 0.556. The second kappa shape index (κ2) is 3.73. The number of rotatable bonds is 1. The lowest BCUT2D eigenvalue weighted by Crippen LogP contribution is -2.34. The summed E-state index contributed by atoms with van der Waals surface area (Å²) in [4.78, 5) is 6.64. The topological polar surface area (TPSA) is 72.9 Å². The van der Waals surface area contributed by atoms with Crippen LogP contribution < -0.4 is 10.6 Å². The van der Waals surface area contributed by atoms with E-state index >= 15 is 0 Å². The van der Waals surface area contributed by atoms with E-state index in [1.807, 2.05) is 19.1 Å². The fourth-order valence-corrected chi connectivity index (χ4v) is 2.05. The van der Waals surface area contributed by atoms with Crippen molar-refractivity contribution in [2.24, 2.45) is 0 Å². The fourth-order valence-electron chi connectivity index (χ4n) is 2.05. The highest BCUT2D eigenvalue weighted by Crippen LogP contribution is 2.24. The van der Waals surface area contributed by atoms with Crippen LogP contribution in [0.4, 0.5) is 11.5 Å². The Balaban J connectivity index is 1.94. The average molecular weight is 230 g/mol. The van der Waals surface area contributed by atoms with E-state index < -0.39 is 0 Å². The number of nitrogen functional groups attached to an aromatic ring is 1. The van der Waals surface area contributed by atoms with Crippen molar-refractivity contribution in [1.29, 1.82) is 0 Å². The normalized spacial score (nSPS) is 14.8. The summed E-state index contributed by atoms with van der Waals surface area (Å²) in [5.41, 5.74) is 7.65. The van der Waals surface area contributed by atoms with E-state index in [1.54, 1.807) is 6.33 Å². The third-order valence-electron chi connectivity index (χ3n) is 2.98. The van der Waals surface area contributed by atoms with E-state index in [9.17, 15) is 0 Å². The molecule has 0 atom stereocenters. The summed E-state index contributed by atoms with van der Waals surface area (Å²) in [7, 11) is 0. The standard InChI is InChI=1S/C11H14N6/c1-8-2-3-9(12)11(14-8)16-4-5-17-7-13-15-10(17)6-16/h2-3,7H,4-6,12H2,1H3. The van der Waals surface area contributed by atoms with Crippen molar-refractivity contribution in [3.63, 3.8) is 0 Å². The lowest BCUT2D eigenvalue weighted by atomic mass is 10.3. The predicted molar refractivity (Wildman–Crippen MR) is 64.5 cm³/mol. The van der Waals surface area contributed by atoms with Gasteiger partial charge in [-0.3, -0.25) is 0 Å². The maximum Gasteiger partial charge on any atom is 0.152 e. The number of aryl methyl sites for hydroxylation is 1. The molecule has 2 aromatic heterocycles. The molecule has 1 aliphatic rings. The number of hydrogen-bond donors (Lipinski definition) is 1. The molecular formula is C11H14N6. The average Bonchev–Trinajstić information content (AvgIpc) is 2.79. The molecule has 6 nitrogen and oxygen atoms in total. The molecule has 3 heterocycles. The molecule has 0 amide bonds. The number of nitrogens with two attached hydrogens (primary N) is 1. The number of pyridine rings is 1. The van der Waals surface area contributed by atoms with Crippen LogP contribution in [-0.4, -0.2) is 26.3 Å². The zero-order valence-corrected chi connectivity index (χ0v) is 9.67. The van der Waals surface area contributed by atoms with E-state index in [4.69, 9.17) is 5.73 Å². The van der Waals surface area contributed by atoms with Gasteiger partial charge >= 0.3 is 0 Å². The van der Waals surface area contributed by atoms with Gasteiger partial charge in [0.05, 0.1) is 12.2 Å². The van der Waals surface area contributed by atoms with Crippen LogP contribution in [-0.2, 0) is 13.1 Å². The molecule has 6 heteroatoms. The van der Waals surface area contributed by atoms with Crippen molar-refractivity contribution in [2.75, 3.05) is 17.2 Å². The van der Waals surface area contributed by atoms with E-state index in [1.165, 1.54) is 0 Å². The molecule has 0 radical (unpaired) electrons. The molecule has 0 aliphatic carbocycles. The highest BCUT2D eigenvalue weighted by Gasteiger charge is 2.20. The summed E-state index contributed by atoms with van der Waals surface area (Å²) in [5.74, 6) is 1.80. The van der Waals surface area contributed by atoms with Gasteiger partial charge < -0.3 is 15.2 Å². The van der Waals surface area contributed by atoms with Crippen LogP contribution in [0.5, 0.6) is 0 Å². The molecule has 0 saturated carbocycles. The van der Waals surface area contributed by atoms with Gasteiger partial charge in [-0.1, -0.05) is 0 Å². The Hall–Kier alpha value is -2.11. The Morgan fingerprint density at radius 3 is 3.06 bits per heavy atom. The Bertz CT molecular complexity index is 547. The largest absolute Gasteiger partial charge is 0.396 e. The summed E-state index contributed by atoms with van der Waals surface area (Å²) in [6.07, 6.45) is 1.76.